The predicted molar refractivity (Wildman–Crippen MR) is 155 cm³/mol. The van der Waals surface area contributed by atoms with Crippen molar-refractivity contribution < 1.29 is 19.4 Å². The maximum atomic E-state index is 13.2. The van der Waals surface area contributed by atoms with E-state index in [-0.39, 0.29) is 23.6 Å². The summed E-state index contributed by atoms with van der Waals surface area (Å²) in [4.78, 5) is 26.1. The molecule has 40 heavy (non-hydrogen) atoms. The molecule has 4 aromatic rings. The SMILES string of the molecule is CCOc1ccc(C(=O)Nc2ccc(O)c(-c3cc(C4CCCC4)n(C(=O)NCCc4ccccc4)n3)c2)cc1. The van der Waals surface area contributed by atoms with Crippen LogP contribution in [-0.2, 0) is 6.42 Å². The summed E-state index contributed by atoms with van der Waals surface area (Å²) >= 11 is 0. The summed E-state index contributed by atoms with van der Waals surface area (Å²) in [5.41, 5.74) is 3.91. The van der Waals surface area contributed by atoms with Gasteiger partial charge in [-0.1, -0.05) is 43.2 Å². The van der Waals surface area contributed by atoms with Crippen LogP contribution in [-0.4, -0.2) is 40.0 Å². The van der Waals surface area contributed by atoms with Crippen molar-refractivity contribution in [2.75, 3.05) is 18.5 Å². The quantitative estimate of drug-likeness (QED) is 0.215. The van der Waals surface area contributed by atoms with Gasteiger partial charge in [-0.3, -0.25) is 4.79 Å². The number of amides is 2. The Bertz CT molecular complexity index is 1460. The van der Waals surface area contributed by atoms with Crippen molar-refractivity contribution in [3.05, 3.63) is 95.7 Å². The number of benzene rings is 3. The molecule has 3 aromatic carbocycles. The monoisotopic (exact) mass is 538 g/mol. The molecule has 206 valence electrons. The number of ether oxygens (including phenoxy) is 1. The minimum absolute atomic E-state index is 0.0196. The van der Waals surface area contributed by atoms with Gasteiger partial charge in [0, 0.05) is 29.3 Å². The lowest BCUT2D eigenvalue weighted by molar-refractivity contribution is 0.102. The van der Waals surface area contributed by atoms with E-state index >= 15 is 0 Å². The Balaban J connectivity index is 1.35. The van der Waals surface area contributed by atoms with Gasteiger partial charge in [0.1, 0.15) is 11.5 Å². The third-order valence-corrected chi connectivity index (χ3v) is 7.19. The molecule has 1 aromatic heterocycles. The summed E-state index contributed by atoms with van der Waals surface area (Å²) in [5, 5.41) is 21.2. The second-order valence-electron chi connectivity index (χ2n) is 9.96. The maximum Gasteiger partial charge on any atom is 0.342 e. The Morgan fingerprint density at radius 1 is 1.00 bits per heavy atom. The van der Waals surface area contributed by atoms with Crippen molar-refractivity contribution in [3.8, 4) is 22.8 Å². The molecule has 8 nitrogen and oxygen atoms in total. The number of rotatable bonds is 9. The van der Waals surface area contributed by atoms with E-state index < -0.39 is 0 Å². The average molecular weight is 539 g/mol. The van der Waals surface area contributed by atoms with Crippen LogP contribution in [0.3, 0.4) is 0 Å². The fraction of sp³-hybridized carbons (Fsp3) is 0.281. The first-order valence-electron chi connectivity index (χ1n) is 13.8. The van der Waals surface area contributed by atoms with Gasteiger partial charge in [0.2, 0.25) is 0 Å². The number of hydrogen-bond acceptors (Lipinski definition) is 5. The number of phenols is 1. The highest BCUT2D eigenvalue weighted by Crippen LogP contribution is 2.38. The van der Waals surface area contributed by atoms with E-state index in [2.05, 4.69) is 15.7 Å². The minimum Gasteiger partial charge on any atom is -0.507 e. The Morgan fingerprint density at radius 3 is 2.48 bits per heavy atom. The zero-order chi connectivity index (χ0) is 27.9. The molecule has 0 aliphatic heterocycles. The summed E-state index contributed by atoms with van der Waals surface area (Å²) < 4.78 is 6.89. The zero-order valence-electron chi connectivity index (χ0n) is 22.6. The Labute approximate surface area is 234 Å². The molecule has 1 aliphatic carbocycles. The summed E-state index contributed by atoms with van der Waals surface area (Å²) in [6.45, 7) is 2.94. The third-order valence-electron chi connectivity index (χ3n) is 7.19. The van der Waals surface area contributed by atoms with Gasteiger partial charge >= 0.3 is 6.03 Å². The lowest BCUT2D eigenvalue weighted by atomic mass is 10.0. The van der Waals surface area contributed by atoms with Gasteiger partial charge < -0.3 is 20.5 Å². The van der Waals surface area contributed by atoms with E-state index in [4.69, 9.17) is 4.74 Å². The second-order valence-corrected chi connectivity index (χ2v) is 9.96. The van der Waals surface area contributed by atoms with Crippen LogP contribution in [0.2, 0.25) is 0 Å². The molecule has 0 unspecified atom stereocenters. The molecule has 0 saturated heterocycles. The lowest BCUT2D eigenvalue weighted by Gasteiger charge is -2.12. The Morgan fingerprint density at radius 2 is 1.75 bits per heavy atom. The van der Waals surface area contributed by atoms with Crippen LogP contribution in [0.25, 0.3) is 11.3 Å². The molecular formula is C32H34N4O4. The summed E-state index contributed by atoms with van der Waals surface area (Å²) in [7, 11) is 0. The largest absolute Gasteiger partial charge is 0.507 e. The number of aromatic hydroxyl groups is 1. The summed E-state index contributed by atoms with van der Waals surface area (Å²) in [6.07, 6.45) is 4.92. The molecule has 2 amide bonds. The second kappa shape index (κ2) is 12.5. The first-order valence-corrected chi connectivity index (χ1v) is 13.8. The Hall–Kier alpha value is -4.59. The van der Waals surface area contributed by atoms with Gasteiger partial charge in [-0.05, 0) is 80.3 Å². The minimum atomic E-state index is -0.288. The van der Waals surface area contributed by atoms with Crippen LogP contribution in [0.4, 0.5) is 10.5 Å². The van der Waals surface area contributed by atoms with Gasteiger partial charge in [0.15, 0.2) is 0 Å². The highest BCUT2D eigenvalue weighted by molar-refractivity contribution is 6.04. The molecule has 1 aliphatic rings. The molecular weight excluding hydrogens is 504 g/mol. The smallest absolute Gasteiger partial charge is 0.342 e. The van der Waals surface area contributed by atoms with Crippen molar-refractivity contribution in [2.24, 2.45) is 0 Å². The normalized spacial score (nSPS) is 13.2. The van der Waals surface area contributed by atoms with E-state index in [1.807, 2.05) is 43.3 Å². The zero-order valence-corrected chi connectivity index (χ0v) is 22.6. The fourth-order valence-electron chi connectivity index (χ4n) is 5.13. The van der Waals surface area contributed by atoms with E-state index in [1.54, 1.807) is 36.4 Å². The van der Waals surface area contributed by atoms with Crippen LogP contribution >= 0.6 is 0 Å². The number of nitrogens with zero attached hydrogens (tertiary/aromatic N) is 2. The highest BCUT2D eigenvalue weighted by Gasteiger charge is 2.26. The highest BCUT2D eigenvalue weighted by atomic mass is 16.5. The van der Waals surface area contributed by atoms with Crippen LogP contribution in [0.1, 0.15) is 60.1 Å². The molecule has 1 saturated carbocycles. The molecule has 0 radical (unpaired) electrons. The third kappa shape index (κ3) is 6.34. The van der Waals surface area contributed by atoms with Crippen LogP contribution < -0.4 is 15.4 Å². The topological polar surface area (TPSA) is 105 Å². The number of nitrogens with one attached hydrogen (secondary N) is 2. The van der Waals surface area contributed by atoms with Crippen LogP contribution in [0.5, 0.6) is 11.5 Å². The molecule has 3 N–H and O–H groups in total. The Kier molecular flexibility index (Phi) is 8.44. The first kappa shape index (κ1) is 27.0. The maximum absolute atomic E-state index is 13.2. The van der Waals surface area contributed by atoms with Gasteiger partial charge in [0.25, 0.3) is 5.91 Å². The molecule has 0 atom stereocenters. The number of carbonyl (C=O) groups is 2. The van der Waals surface area contributed by atoms with Crippen LogP contribution in [0.15, 0.2) is 78.9 Å². The van der Waals surface area contributed by atoms with E-state index in [1.165, 1.54) is 10.7 Å². The van der Waals surface area contributed by atoms with Crippen molar-refractivity contribution in [1.82, 2.24) is 15.1 Å². The summed E-state index contributed by atoms with van der Waals surface area (Å²) in [5.74, 6) is 0.662. The molecule has 1 heterocycles. The molecule has 1 fully saturated rings. The molecule has 0 spiro atoms. The fourth-order valence-corrected chi connectivity index (χ4v) is 5.13. The van der Waals surface area contributed by atoms with Gasteiger partial charge in [-0.25, -0.2) is 4.79 Å². The number of anilines is 1. The summed E-state index contributed by atoms with van der Waals surface area (Å²) in [6, 6.07) is 23.4. The van der Waals surface area contributed by atoms with Crippen molar-refractivity contribution in [3.63, 3.8) is 0 Å². The first-order chi connectivity index (χ1) is 19.5. The van der Waals surface area contributed by atoms with E-state index in [0.29, 0.717) is 41.4 Å². The molecule has 8 heteroatoms. The van der Waals surface area contributed by atoms with Gasteiger partial charge in [-0.2, -0.15) is 9.78 Å². The number of aromatic nitrogens is 2. The number of phenolic OH excluding ortho intramolecular Hbond substituents is 1. The number of carbonyl (C=O) groups excluding carboxylic acids is 2. The van der Waals surface area contributed by atoms with Gasteiger partial charge in [0.05, 0.1) is 18.0 Å². The number of hydrogen-bond donors (Lipinski definition) is 3. The van der Waals surface area contributed by atoms with E-state index in [0.717, 1.165) is 43.4 Å². The van der Waals surface area contributed by atoms with Crippen molar-refractivity contribution in [2.45, 2.75) is 44.9 Å². The van der Waals surface area contributed by atoms with Crippen molar-refractivity contribution >= 4 is 17.6 Å². The lowest BCUT2D eigenvalue weighted by Crippen LogP contribution is -2.32. The van der Waals surface area contributed by atoms with Crippen molar-refractivity contribution in [1.29, 1.82) is 0 Å². The van der Waals surface area contributed by atoms with E-state index in [9.17, 15) is 14.7 Å². The molecule has 0 bridgehead atoms. The average Bonchev–Trinajstić information content (AvgIpc) is 3.66. The predicted octanol–water partition coefficient (Wildman–Crippen LogP) is 6.36. The van der Waals surface area contributed by atoms with Crippen LogP contribution in [0, 0.1) is 0 Å². The molecule has 5 rings (SSSR count). The standard InChI is InChI=1S/C32H34N4O4/c1-2-40-26-15-12-24(13-16-26)31(38)34-25-14-17-30(37)27(20-25)28-21-29(23-10-6-7-11-23)36(35-28)32(39)33-19-18-22-8-4-3-5-9-22/h3-5,8-9,12-17,20-21,23,37H,2,6-7,10-11,18-19H2,1H3,(H,33,39)(H,34,38). The van der Waals surface area contributed by atoms with Gasteiger partial charge in [-0.15, -0.1) is 0 Å².